The number of halogens is 1. The largest absolute Gasteiger partial charge is 0.465 e. The first-order valence-corrected chi connectivity index (χ1v) is 7.80. The van der Waals surface area contributed by atoms with Gasteiger partial charge in [0, 0.05) is 6.04 Å². The average Bonchev–Trinajstić information content (AvgIpc) is 2.47. The maximum atomic E-state index is 12.5. The monoisotopic (exact) mass is 353 g/mol. The molecule has 4 rings (SSSR count). The Morgan fingerprint density at radius 2 is 2.00 bits per heavy atom. The lowest BCUT2D eigenvalue weighted by molar-refractivity contribution is -0.128. The van der Waals surface area contributed by atoms with Crippen molar-refractivity contribution in [1.82, 2.24) is 9.88 Å². The summed E-state index contributed by atoms with van der Waals surface area (Å²) in [6, 6.07) is 4.60. The van der Waals surface area contributed by atoms with E-state index in [9.17, 15) is 14.7 Å². The molecule has 0 aromatic carbocycles. The summed E-state index contributed by atoms with van der Waals surface area (Å²) in [5, 5.41) is 12.1. The predicted octanol–water partition coefficient (Wildman–Crippen LogP) is 2.70. The highest BCUT2D eigenvalue weighted by Crippen LogP contribution is 2.40. The summed E-state index contributed by atoms with van der Waals surface area (Å²) >= 11 is 3.25. The predicted molar refractivity (Wildman–Crippen MR) is 80.0 cm³/mol. The van der Waals surface area contributed by atoms with Crippen LogP contribution in [-0.2, 0) is 4.79 Å². The molecule has 2 amide bonds. The van der Waals surface area contributed by atoms with Gasteiger partial charge in [0.15, 0.2) is 0 Å². The second-order valence-electron chi connectivity index (χ2n) is 5.54. The van der Waals surface area contributed by atoms with E-state index < -0.39 is 12.1 Å². The van der Waals surface area contributed by atoms with E-state index in [0.717, 1.165) is 25.7 Å². The number of hydrogen-bond acceptors (Lipinski definition) is 3. The SMILES string of the molecule is O=C(Nc1cccc(Br)n1)C1C2CCC(CC2)N1C(=O)O. The van der Waals surface area contributed by atoms with Crippen molar-refractivity contribution in [1.29, 1.82) is 0 Å². The highest BCUT2D eigenvalue weighted by Gasteiger charge is 2.47. The van der Waals surface area contributed by atoms with Crippen LogP contribution in [0.5, 0.6) is 0 Å². The Hall–Kier alpha value is -1.63. The molecule has 2 aliphatic heterocycles. The summed E-state index contributed by atoms with van der Waals surface area (Å²) in [5.41, 5.74) is 0. The van der Waals surface area contributed by atoms with Crippen molar-refractivity contribution in [3.63, 3.8) is 0 Å². The van der Waals surface area contributed by atoms with Gasteiger partial charge in [-0.25, -0.2) is 9.78 Å². The number of nitrogens with zero attached hydrogens (tertiary/aromatic N) is 2. The molecular formula is C14H16BrN3O3. The van der Waals surface area contributed by atoms with E-state index in [1.807, 2.05) is 0 Å². The summed E-state index contributed by atoms with van der Waals surface area (Å²) in [6.07, 6.45) is 2.54. The number of nitrogens with one attached hydrogen (secondary N) is 1. The zero-order valence-corrected chi connectivity index (χ0v) is 12.9. The molecule has 1 saturated carbocycles. The van der Waals surface area contributed by atoms with Gasteiger partial charge in [-0.05, 0) is 59.7 Å². The third kappa shape index (κ3) is 2.74. The van der Waals surface area contributed by atoms with Crippen LogP contribution in [0, 0.1) is 5.92 Å². The van der Waals surface area contributed by atoms with Gasteiger partial charge >= 0.3 is 6.09 Å². The minimum absolute atomic E-state index is 0.0290. The molecule has 3 fully saturated rings. The van der Waals surface area contributed by atoms with Crippen molar-refractivity contribution in [3.05, 3.63) is 22.8 Å². The van der Waals surface area contributed by atoms with Gasteiger partial charge in [-0.1, -0.05) is 6.07 Å². The molecule has 1 atom stereocenters. The fourth-order valence-electron chi connectivity index (χ4n) is 3.44. The number of carbonyl (C=O) groups is 2. The van der Waals surface area contributed by atoms with Crippen LogP contribution in [0.1, 0.15) is 25.7 Å². The van der Waals surface area contributed by atoms with E-state index in [-0.39, 0.29) is 17.9 Å². The molecule has 21 heavy (non-hydrogen) atoms. The van der Waals surface area contributed by atoms with E-state index in [0.29, 0.717) is 10.4 Å². The smallest absolute Gasteiger partial charge is 0.408 e. The first kappa shape index (κ1) is 14.3. The van der Waals surface area contributed by atoms with Crippen LogP contribution >= 0.6 is 15.9 Å². The summed E-state index contributed by atoms with van der Waals surface area (Å²) < 4.78 is 0.626. The number of carboxylic acid groups (broad SMARTS) is 1. The lowest BCUT2D eigenvalue weighted by Gasteiger charge is -2.48. The molecule has 1 aromatic heterocycles. The lowest BCUT2D eigenvalue weighted by atomic mass is 9.74. The number of hydrogen-bond donors (Lipinski definition) is 2. The van der Waals surface area contributed by atoms with Gasteiger partial charge in [-0.15, -0.1) is 0 Å². The first-order valence-electron chi connectivity index (χ1n) is 7.01. The van der Waals surface area contributed by atoms with Gasteiger partial charge in [0.25, 0.3) is 0 Å². The summed E-state index contributed by atoms with van der Waals surface area (Å²) in [5.74, 6) is 0.261. The standard InChI is InChI=1S/C14H16BrN3O3/c15-10-2-1-3-11(16-10)17-13(19)12-8-4-6-9(7-5-8)18(12)14(20)21/h1-3,8-9,12H,4-7H2,(H,20,21)(H,16,17,19). The minimum atomic E-state index is -1.01. The van der Waals surface area contributed by atoms with Crippen LogP contribution in [0.25, 0.3) is 0 Å². The van der Waals surface area contributed by atoms with Crippen LogP contribution < -0.4 is 5.32 Å². The lowest BCUT2D eigenvalue weighted by Crippen LogP contribution is -2.61. The number of pyridine rings is 1. The zero-order chi connectivity index (χ0) is 15.0. The summed E-state index contributed by atoms with van der Waals surface area (Å²) in [4.78, 5) is 29.5. The van der Waals surface area contributed by atoms with Gasteiger partial charge in [0.05, 0.1) is 0 Å². The van der Waals surface area contributed by atoms with Crippen LogP contribution in [0.15, 0.2) is 22.8 Å². The Kier molecular flexibility index (Phi) is 3.84. The Morgan fingerprint density at radius 3 is 2.62 bits per heavy atom. The van der Waals surface area contributed by atoms with Gasteiger partial charge in [-0.3, -0.25) is 9.69 Å². The molecular weight excluding hydrogens is 338 g/mol. The van der Waals surface area contributed by atoms with Gasteiger partial charge in [0.1, 0.15) is 16.5 Å². The van der Waals surface area contributed by atoms with E-state index in [4.69, 9.17) is 0 Å². The summed E-state index contributed by atoms with van der Waals surface area (Å²) in [7, 11) is 0. The normalized spacial score (nSPS) is 27.5. The Balaban J connectivity index is 1.80. The molecule has 7 heteroatoms. The molecule has 1 unspecified atom stereocenters. The molecule has 3 aliphatic rings. The molecule has 112 valence electrons. The number of aromatic nitrogens is 1. The third-order valence-electron chi connectivity index (χ3n) is 4.34. The van der Waals surface area contributed by atoms with E-state index in [1.54, 1.807) is 18.2 Å². The van der Waals surface area contributed by atoms with Crippen LogP contribution in [0.4, 0.5) is 10.6 Å². The fourth-order valence-corrected chi connectivity index (χ4v) is 3.79. The molecule has 3 heterocycles. The molecule has 2 bridgehead atoms. The Morgan fingerprint density at radius 1 is 1.29 bits per heavy atom. The minimum Gasteiger partial charge on any atom is -0.465 e. The van der Waals surface area contributed by atoms with Crippen molar-refractivity contribution >= 4 is 33.7 Å². The average molecular weight is 354 g/mol. The highest BCUT2D eigenvalue weighted by molar-refractivity contribution is 9.10. The maximum Gasteiger partial charge on any atom is 0.408 e. The van der Waals surface area contributed by atoms with Crippen molar-refractivity contribution in [2.75, 3.05) is 5.32 Å². The highest BCUT2D eigenvalue weighted by atomic mass is 79.9. The maximum absolute atomic E-state index is 12.5. The molecule has 6 nitrogen and oxygen atoms in total. The fraction of sp³-hybridized carbons (Fsp3) is 0.500. The molecule has 2 N–H and O–H groups in total. The van der Waals surface area contributed by atoms with Crippen molar-refractivity contribution in [3.8, 4) is 0 Å². The van der Waals surface area contributed by atoms with Crippen LogP contribution in [-0.4, -0.2) is 39.1 Å². The van der Waals surface area contributed by atoms with E-state index >= 15 is 0 Å². The van der Waals surface area contributed by atoms with Gasteiger partial charge in [-0.2, -0.15) is 0 Å². The first-order chi connectivity index (χ1) is 10.1. The summed E-state index contributed by atoms with van der Waals surface area (Å²) in [6.45, 7) is 0. The number of anilines is 1. The second kappa shape index (κ2) is 5.63. The quantitative estimate of drug-likeness (QED) is 0.800. The topological polar surface area (TPSA) is 82.5 Å². The molecule has 0 spiro atoms. The second-order valence-corrected chi connectivity index (χ2v) is 6.35. The molecule has 2 saturated heterocycles. The molecule has 1 aromatic rings. The van der Waals surface area contributed by atoms with E-state index in [2.05, 4.69) is 26.2 Å². The molecule has 1 aliphatic carbocycles. The van der Waals surface area contributed by atoms with Gasteiger partial charge in [0.2, 0.25) is 5.91 Å². The Bertz CT molecular complexity index is 572. The number of carbonyl (C=O) groups excluding carboxylic acids is 1. The zero-order valence-electron chi connectivity index (χ0n) is 11.3. The number of rotatable bonds is 2. The van der Waals surface area contributed by atoms with Crippen molar-refractivity contribution < 1.29 is 14.7 Å². The van der Waals surface area contributed by atoms with Crippen molar-refractivity contribution in [2.45, 2.75) is 37.8 Å². The number of fused-ring (bicyclic) bond motifs is 3. The van der Waals surface area contributed by atoms with Crippen LogP contribution in [0.2, 0.25) is 0 Å². The number of amides is 2. The number of piperidine rings is 2. The van der Waals surface area contributed by atoms with Crippen LogP contribution in [0.3, 0.4) is 0 Å². The molecule has 0 radical (unpaired) electrons. The van der Waals surface area contributed by atoms with Crippen molar-refractivity contribution in [2.24, 2.45) is 5.92 Å². The third-order valence-corrected chi connectivity index (χ3v) is 4.78. The van der Waals surface area contributed by atoms with E-state index in [1.165, 1.54) is 4.90 Å². The van der Waals surface area contributed by atoms with Gasteiger partial charge < -0.3 is 10.4 Å². The Labute approximate surface area is 130 Å².